The standard InChI is InChI=1S/C13H28N2O/c1-4-7-13(2,10-14)11-15-8-5-6-12(9-15)16-3/h12H,4-11,14H2,1-3H3. The summed E-state index contributed by atoms with van der Waals surface area (Å²) in [5, 5.41) is 0. The van der Waals surface area contributed by atoms with E-state index in [1.807, 2.05) is 7.11 Å². The molecular formula is C13H28N2O. The van der Waals surface area contributed by atoms with E-state index in [9.17, 15) is 0 Å². The van der Waals surface area contributed by atoms with Crippen LogP contribution in [0, 0.1) is 5.41 Å². The molecule has 0 saturated carbocycles. The van der Waals surface area contributed by atoms with Crippen molar-refractivity contribution in [2.45, 2.75) is 45.6 Å². The first-order chi connectivity index (χ1) is 7.63. The molecule has 0 aromatic heterocycles. The Hall–Kier alpha value is -0.120. The Morgan fingerprint density at radius 1 is 1.50 bits per heavy atom. The van der Waals surface area contributed by atoms with E-state index in [4.69, 9.17) is 10.5 Å². The maximum Gasteiger partial charge on any atom is 0.0698 e. The molecule has 16 heavy (non-hydrogen) atoms. The van der Waals surface area contributed by atoms with Gasteiger partial charge in [-0.15, -0.1) is 0 Å². The van der Waals surface area contributed by atoms with E-state index in [0.29, 0.717) is 6.10 Å². The molecule has 1 aliphatic heterocycles. The minimum absolute atomic E-state index is 0.282. The van der Waals surface area contributed by atoms with Crippen LogP contribution in [-0.4, -0.2) is 44.3 Å². The van der Waals surface area contributed by atoms with E-state index < -0.39 is 0 Å². The van der Waals surface area contributed by atoms with Crippen molar-refractivity contribution in [2.24, 2.45) is 11.1 Å². The van der Waals surface area contributed by atoms with Crippen molar-refractivity contribution < 1.29 is 4.74 Å². The molecule has 3 heteroatoms. The molecule has 1 rings (SSSR count). The minimum atomic E-state index is 0.282. The first-order valence-electron chi connectivity index (χ1n) is 6.59. The molecule has 2 unspecified atom stereocenters. The number of nitrogens with zero attached hydrogens (tertiary/aromatic N) is 1. The average Bonchev–Trinajstić information content (AvgIpc) is 2.29. The number of likely N-dealkylation sites (tertiary alicyclic amines) is 1. The predicted octanol–water partition coefficient (Wildman–Crippen LogP) is 1.86. The van der Waals surface area contributed by atoms with Crippen LogP contribution in [0.4, 0.5) is 0 Å². The van der Waals surface area contributed by atoms with Gasteiger partial charge in [0.25, 0.3) is 0 Å². The molecule has 1 saturated heterocycles. The fourth-order valence-corrected chi connectivity index (χ4v) is 2.74. The van der Waals surface area contributed by atoms with Crippen LogP contribution in [0.1, 0.15) is 39.5 Å². The zero-order valence-electron chi connectivity index (χ0n) is 11.2. The number of rotatable bonds is 6. The third kappa shape index (κ3) is 4.04. The van der Waals surface area contributed by atoms with Crippen LogP contribution in [0.3, 0.4) is 0 Å². The van der Waals surface area contributed by atoms with Gasteiger partial charge in [0.2, 0.25) is 0 Å². The Morgan fingerprint density at radius 3 is 2.81 bits per heavy atom. The summed E-state index contributed by atoms with van der Waals surface area (Å²) >= 11 is 0. The van der Waals surface area contributed by atoms with Crippen LogP contribution in [-0.2, 0) is 4.74 Å². The fourth-order valence-electron chi connectivity index (χ4n) is 2.74. The zero-order chi connectivity index (χ0) is 12.0. The molecule has 1 fully saturated rings. The lowest BCUT2D eigenvalue weighted by Crippen LogP contribution is -2.46. The van der Waals surface area contributed by atoms with Crippen molar-refractivity contribution in [1.82, 2.24) is 4.90 Å². The summed E-state index contributed by atoms with van der Waals surface area (Å²) in [5.74, 6) is 0. The highest BCUT2D eigenvalue weighted by Gasteiger charge is 2.28. The summed E-state index contributed by atoms with van der Waals surface area (Å²) < 4.78 is 5.46. The maximum absolute atomic E-state index is 5.92. The van der Waals surface area contributed by atoms with Gasteiger partial charge in [0.15, 0.2) is 0 Å². The fraction of sp³-hybridized carbons (Fsp3) is 1.00. The van der Waals surface area contributed by atoms with Crippen molar-refractivity contribution in [3.63, 3.8) is 0 Å². The summed E-state index contributed by atoms with van der Waals surface area (Å²) in [4.78, 5) is 2.53. The van der Waals surface area contributed by atoms with Gasteiger partial charge in [0.1, 0.15) is 0 Å². The van der Waals surface area contributed by atoms with E-state index >= 15 is 0 Å². The first kappa shape index (κ1) is 13.9. The van der Waals surface area contributed by atoms with Gasteiger partial charge in [-0.1, -0.05) is 20.3 Å². The van der Waals surface area contributed by atoms with Crippen LogP contribution in [0.25, 0.3) is 0 Å². The number of piperidine rings is 1. The third-order valence-electron chi connectivity index (χ3n) is 3.75. The topological polar surface area (TPSA) is 38.5 Å². The van der Waals surface area contributed by atoms with Crippen molar-refractivity contribution in [3.05, 3.63) is 0 Å². The average molecular weight is 228 g/mol. The van der Waals surface area contributed by atoms with Crippen molar-refractivity contribution in [3.8, 4) is 0 Å². The van der Waals surface area contributed by atoms with Crippen molar-refractivity contribution in [1.29, 1.82) is 0 Å². The SMILES string of the molecule is CCCC(C)(CN)CN1CCCC(OC)C1. The van der Waals surface area contributed by atoms with Gasteiger partial charge in [-0.25, -0.2) is 0 Å². The van der Waals surface area contributed by atoms with E-state index in [1.165, 1.54) is 32.2 Å². The van der Waals surface area contributed by atoms with Crippen molar-refractivity contribution in [2.75, 3.05) is 33.3 Å². The highest BCUT2D eigenvalue weighted by molar-refractivity contribution is 4.82. The molecule has 2 atom stereocenters. The maximum atomic E-state index is 5.92. The molecule has 96 valence electrons. The molecule has 0 bridgehead atoms. The van der Waals surface area contributed by atoms with E-state index in [0.717, 1.165) is 19.6 Å². The van der Waals surface area contributed by atoms with Gasteiger partial charge >= 0.3 is 0 Å². The summed E-state index contributed by atoms with van der Waals surface area (Å²) in [6.45, 7) is 8.75. The normalized spacial score (nSPS) is 26.6. The lowest BCUT2D eigenvalue weighted by atomic mass is 9.84. The molecule has 0 radical (unpaired) electrons. The molecular weight excluding hydrogens is 200 g/mol. The molecule has 0 amide bonds. The molecule has 0 aromatic carbocycles. The second-order valence-electron chi connectivity index (χ2n) is 5.50. The van der Waals surface area contributed by atoms with Gasteiger partial charge in [-0.05, 0) is 37.8 Å². The zero-order valence-corrected chi connectivity index (χ0v) is 11.2. The van der Waals surface area contributed by atoms with Crippen LogP contribution >= 0.6 is 0 Å². The van der Waals surface area contributed by atoms with Crippen LogP contribution in [0.5, 0.6) is 0 Å². The molecule has 2 N–H and O–H groups in total. The Morgan fingerprint density at radius 2 is 2.25 bits per heavy atom. The molecule has 1 heterocycles. The van der Waals surface area contributed by atoms with Gasteiger partial charge in [0.05, 0.1) is 6.10 Å². The largest absolute Gasteiger partial charge is 0.380 e. The molecule has 3 nitrogen and oxygen atoms in total. The monoisotopic (exact) mass is 228 g/mol. The molecule has 1 aliphatic rings. The van der Waals surface area contributed by atoms with Gasteiger partial charge in [-0.2, -0.15) is 0 Å². The number of methoxy groups -OCH3 is 1. The third-order valence-corrected chi connectivity index (χ3v) is 3.75. The van der Waals surface area contributed by atoms with E-state index in [1.54, 1.807) is 0 Å². The minimum Gasteiger partial charge on any atom is -0.380 e. The van der Waals surface area contributed by atoms with Crippen molar-refractivity contribution >= 4 is 0 Å². The van der Waals surface area contributed by atoms with E-state index in [-0.39, 0.29) is 5.41 Å². The van der Waals surface area contributed by atoms with E-state index in [2.05, 4.69) is 18.7 Å². The number of nitrogens with two attached hydrogens (primary N) is 1. The number of hydrogen-bond acceptors (Lipinski definition) is 3. The second-order valence-corrected chi connectivity index (χ2v) is 5.50. The first-order valence-corrected chi connectivity index (χ1v) is 6.59. The van der Waals surface area contributed by atoms with Crippen LogP contribution in [0.2, 0.25) is 0 Å². The van der Waals surface area contributed by atoms with Crippen LogP contribution in [0.15, 0.2) is 0 Å². The van der Waals surface area contributed by atoms with Gasteiger partial charge in [0, 0.05) is 20.2 Å². The highest BCUT2D eigenvalue weighted by atomic mass is 16.5. The highest BCUT2D eigenvalue weighted by Crippen LogP contribution is 2.25. The van der Waals surface area contributed by atoms with Gasteiger partial charge in [-0.3, -0.25) is 0 Å². The lowest BCUT2D eigenvalue weighted by molar-refractivity contribution is 0.0160. The lowest BCUT2D eigenvalue weighted by Gasteiger charge is -2.38. The van der Waals surface area contributed by atoms with Gasteiger partial charge < -0.3 is 15.4 Å². The Bertz CT molecular complexity index is 198. The Labute approximate surface area is 100 Å². The molecule has 0 aromatic rings. The summed E-state index contributed by atoms with van der Waals surface area (Å²) in [5.41, 5.74) is 6.20. The molecule has 0 spiro atoms. The molecule has 0 aliphatic carbocycles. The Balaban J connectivity index is 2.44. The quantitative estimate of drug-likeness (QED) is 0.754. The summed E-state index contributed by atoms with van der Waals surface area (Å²) in [6.07, 6.45) is 5.33. The van der Waals surface area contributed by atoms with Crippen LogP contribution < -0.4 is 5.73 Å². The number of ether oxygens (including phenoxy) is 1. The second kappa shape index (κ2) is 6.58. The predicted molar refractivity (Wildman–Crippen MR) is 68.5 cm³/mol. The summed E-state index contributed by atoms with van der Waals surface area (Å²) in [7, 11) is 1.82. The Kier molecular flexibility index (Phi) is 5.73. The number of hydrogen-bond donors (Lipinski definition) is 1. The summed E-state index contributed by atoms with van der Waals surface area (Å²) in [6, 6.07) is 0. The smallest absolute Gasteiger partial charge is 0.0698 e.